The molecule has 0 saturated heterocycles. The molecule has 0 heterocycles. The number of hydrogen-bond acceptors (Lipinski definition) is 3. The summed E-state index contributed by atoms with van der Waals surface area (Å²) in [5.74, 6) is -1.60. The Morgan fingerprint density at radius 3 is 2.42 bits per heavy atom. The van der Waals surface area contributed by atoms with Gasteiger partial charge in [-0.2, -0.15) is 5.26 Å². The highest BCUT2D eigenvalue weighted by molar-refractivity contribution is 5.51. The van der Waals surface area contributed by atoms with E-state index in [1.807, 2.05) is 0 Å². The molecule has 1 aliphatic carbocycles. The first-order valence-electron chi connectivity index (χ1n) is 6.45. The van der Waals surface area contributed by atoms with Crippen LogP contribution < -0.4 is 5.32 Å². The first-order chi connectivity index (χ1) is 9.11. The average molecular weight is 266 g/mol. The van der Waals surface area contributed by atoms with E-state index in [0.717, 1.165) is 31.4 Å². The van der Waals surface area contributed by atoms with Crippen molar-refractivity contribution in [2.24, 2.45) is 0 Å². The Hall–Kier alpha value is -1.67. The van der Waals surface area contributed by atoms with Crippen LogP contribution in [0.1, 0.15) is 37.7 Å². The van der Waals surface area contributed by atoms with Crippen molar-refractivity contribution in [1.82, 2.24) is 0 Å². The van der Waals surface area contributed by atoms with Gasteiger partial charge in [0.05, 0.1) is 23.8 Å². The molecule has 2 N–H and O–H groups in total. The summed E-state index contributed by atoms with van der Waals surface area (Å²) in [6.07, 6.45) is 3.59. The Labute approximate surface area is 110 Å². The summed E-state index contributed by atoms with van der Waals surface area (Å²) < 4.78 is 27.5. The molecule has 2 rings (SSSR count). The number of nitrogens with one attached hydrogen (secondary N) is 1. The van der Waals surface area contributed by atoms with E-state index in [4.69, 9.17) is 5.26 Å². The third-order valence-electron chi connectivity index (χ3n) is 3.48. The van der Waals surface area contributed by atoms with E-state index in [9.17, 15) is 13.9 Å². The lowest BCUT2D eigenvalue weighted by molar-refractivity contribution is 0.144. The van der Waals surface area contributed by atoms with Gasteiger partial charge in [-0.3, -0.25) is 0 Å². The first-order valence-corrected chi connectivity index (χ1v) is 6.45. The molecule has 102 valence electrons. The molecule has 19 heavy (non-hydrogen) atoms. The van der Waals surface area contributed by atoms with Crippen molar-refractivity contribution in [3.05, 3.63) is 29.3 Å². The maximum absolute atomic E-state index is 13.7. The highest BCUT2D eigenvalue weighted by atomic mass is 19.1. The smallest absolute Gasteiger partial charge is 0.150 e. The van der Waals surface area contributed by atoms with E-state index < -0.39 is 17.7 Å². The maximum Gasteiger partial charge on any atom is 0.150 e. The summed E-state index contributed by atoms with van der Waals surface area (Å²) in [7, 11) is 0. The van der Waals surface area contributed by atoms with Gasteiger partial charge in [-0.05, 0) is 25.0 Å². The number of benzene rings is 1. The number of rotatable bonds is 2. The first kappa shape index (κ1) is 13.8. The second kappa shape index (κ2) is 5.98. The average Bonchev–Trinajstić information content (AvgIpc) is 2.58. The fraction of sp³-hybridized carbons (Fsp3) is 0.500. The van der Waals surface area contributed by atoms with Gasteiger partial charge < -0.3 is 10.4 Å². The predicted octanol–water partition coefficient (Wildman–Crippen LogP) is 2.94. The lowest BCUT2D eigenvalue weighted by Gasteiger charge is -2.23. The molecule has 0 spiro atoms. The number of halogens is 2. The van der Waals surface area contributed by atoms with Crippen molar-refractivity contribution in [3.63, 3.8) is 0 Å². The molecule has 0 radical (unpaired) electrons. The van der Waals surface area contributed by atoms with Gasteiger partial charge in [0.25, 0.3) is 0 Å². The van der Waals surface area contributed by atoms with Crippen LogP contribution in [0.2, 0.25) is 0 Å². The molecule has 0 aromatic heterocycles. The minimum absolute atomic E-state index is 0.0537. The van der Waals surface area contributed by atoms with Crippen LogP contribution in [0.4, 0.5) is 14.5 Å². The summed E-state index contributed by atoms with van der Waals surface area (Å²) >= 11 is 0. The second-order valence-electron chi connectivity index (χ2n) is 4.88. The molecule has 2 atom stereocenters. The maximum atomic E-state index is 13.7. The summed E-state index contributed by atoms with van der Waals surface area (Å²) in [4.78, 5) is 0. The van der Waals surface area contributed by atoms with Crippen LogP contribution in [-0.2, 0) is 0 Å². The fourth-order valence-corrected chi connectivity index (χ4v) is 2.42. The lowest BCUT2D eigenvalue weighted by atomic mass is 10.1. The van der Waals surface area contributed by atoms with E-state index >= 15 is 0 Å². The summed E-state index contributed by atoms with van der Waals surface area (Å²) in [6, 6.07) is 3.34. The molecule has 0 aliphatic heterocycles. The number of aliphatic hydroxyl groups is 1. The molecular formula is C14H16F2N2O. The van der Waals surface area contributed by atoms with Crippen LogP contribution in [0.15, 0.2) is 12.1 Å². The predicted molar refractivity (Wildman–Crippen MR) is 67.6 cm³/mol. The summed E-state index contributed by atoms with van der Waals surface area (Å²) in [6.45, 7) is 0. The van der Waals surface area contributed by atoms with Gasteiger partial charge in [0.15, 0.2) is 11.6 Å². The van der Waals surface area contributed by atoms with Crippen molar-refractivity contribution >= 4 is 5.69 Å². The summed E-state index contributed by atoms with van der Waals surface area (Å²) in [5.41, 5.74) is -0.313. The Kier molecular flexibility index (Phi) is 4.33. The molecule has 1 aromatic carbocycles. The van der Waals surface area contributed by atoms with Crippen molar-refractivity contribution in [2.45, 2.75) is 44.2 Å². The molecule has 0 bridgehead atoms. The van der Waals surface area contributed by atoms with Gasteiger partial charge in [-0.1, -0.05) is 19.3 Å². The van der Waals surface area contributed by atoms with Gasteiger partial charge in [-0.15, -0.1) is 0 Å². The Morgan fingerprint density at radius 1 is 1.16 bits per heavy atom. The van der Waals surface area contributed by atoms with Crippen LogP contribution >= 0.6 is 0 Å². The van der Waals surface area contributed by atoms with Crippen molar-refractivity contribution < 1.29 is 13.9 Å². The van der Waals surface area contributed by atoms with E-state index in [-0.39, 0.29) is 17.3 Å². The molecule has 1 aliphatic rings. The molecule has 3 nitrogen and oxygen atoms in total. The van der Waals surface area contributed by atoms with Crippen molar-refractivity contribution in [3.8, 4) is 6.07 Å². The zero-order valence-electron chi connectivity index (χ0n) is 10.5. The second-order valence-corrected chi connectivity index (χ2v) is 4.88. The van der Waals surface area contributed by atoms with Crippen molar-refractivity contribution in [2.75, 3.05) is 5.32 Å². The largest absolute Gasteiger partial charge is 0.391 e. The quantitative estimate of drug-likeness (QED) is 0.809. The standard InChI is InChI=1S/C14H16F2N2O/c15-10-6-9(8-17)7-11(16)14(10)18-12-4-2-1-3-5-13(12)19/h6-7,12-13,18-19H,1-5H2. The molecule has 1 fully saturated rings. The number of anilines is 1. The van der Waals surface area contributed by atoms with Gasteiger partial charge >= 0.3 is 0 Å². The van der Waals surface area contributed by atoms with Gasteiger partial charge in [0, 0.05) is 0 Å². The van der Waals surface area contributed by atoms with Crippen LogP contribution in [0.3, 0.4) is 0 Å². The van der Waals surface area contributed by atoms with Gasteiger partial charge in [-0.25, -0.2) is 8.78 Å². The van der Waals surface area contributed by atoms with Crippen LogP contribution in [0.5, 0.6) is 0 Å². The third kappa shape index (κ3) is 3.21. The minimum Gasteiger partial charge on any atom is -0.391 e. The highest BCUT2D eigenvalue weighted by Crippen LogP contribution is 2.26. The summed E-state index contributed by atoms with van der Waals surface area (Å²) in [5, 5.41) is 21.3. The Bertz CT molecular complexity index is 476. The molecule has 5 heteroatoms. The fourth-order valence-electron chi connectivity index (χ4n) is 2.42. The van der Waals surface area contributed by atoms with Crippen LogP contribution in [0.25, 0.3) is 0 Å². The van der Waals surface area contributed by atoms with E-state index in [0.29, 0.717) is 12.8 Å². The normalized spacial score (nSPS) is 23.5. The Morgan fingerprint density at radius 2 is 1.79 bits per heavy atom. The van der Waals surface area contributed by atoms with Crippen LogP contribution in [0, 0.1) is 23.0 Å². The molecular weight excluding hydrogens is 250 g/mol. The number of hydrogen-bond donors (Lipinski definition) is 2. The number of nitrogens with zero attached hydrogens (tertiary/aromatic N) is 1. The highest BCUT2D eigenvalue weighted by Gasteiger charge is 2.23. The molecule has 1 aromatic rings. The molecule has 1 saturated carbocycles. The van der Waals surface area contributed by atoms with E-state index in [1.165, 1.54) is 0 Å². The Balaban J connectivity index is 2.20. The monoisotopic (exact) mass is 266 g/mol. The number of nitriles is 1. The third-order valence-corrected chi connectivity index (χ3v) is 3.48. The molecule has 0 amide bonds. The minimum atomic E-state index is -0.798. The van der Waals surface area contributed by atoms with Gasteiger partial charge in [0.1, 0.15) is 5.69 Å². The van der Waals surface area contributed by atoms with Crippen molar-refractivity contribution in [1.29, 1.82) is 5.26 Å². The van der Waals surface area contributed by atoms with E-state index in [2.05, 4.69) is 5.32 Å². The van der Waals surface area contributed by atoms with Gasteiger partial charge in [0.2, 0.25) is 0 Å². The molecule has 2 unspecified atom stereocenters. The van der Waals surface area contributed by atoms with Crippen LogP contribution in [-0.4, -0.2) is 17.3 Å². The number of aliphatic hydroxyl groups excluding tert-OH is 1. The zero-order valence-corrected chi connectivity index (χ0v) is 10.5. The van der Waals surface area contributed by atoms with E-state index in [1.54, 1.807) is 6.07 Å². The zero-order chi connectivity index (χ0) is 13.8. The SMILES string of the molecule is N#Cc1cc(F)c(NC2CCCCCC2O)c(F)c1. The topological polar surface area (TPSA) is 56.0 Å². The lowest BCUT2D eigenvalue weighted by Crippen LogP contribution is -2.33.